The van der Waals surface area contributed by atoms with E-state index in [0.717, 1.165) is 44.2 Å². The Kier molecular flexibility index (Phi) is 3.47. The summed E-state index contributed by atoms with van der Waals surface area (Å²) in [5.41, 5.74) is 11.1. The lowest BCUT2D eigenvalue weighted by molar-refractivity contribution is 0.654. The molecule has 0 atom stereocenters. The minimum absolute atomic E-state index is 0.0643. The molecule has 0 saturated heterocycles. The van der Waals surface area contributed by atoms with Gasteiger partial charge in [0.2, 0.25) is 0 Å². The van der Waals surface area contributed by atoms with Gasteiger partial charge in [-0.25, -0.2) is 4.98 Å². The molecule has 3 aromatic heterocycles. The second-order valence-corrected chi connectivity index (χ2v) is 10.0. The lowest BCUT2D eigenvalue weighted by Crippen LogP contribution is -2.14. The van der Waals surface area contributed by atoms with Crippen LogP contribution in [-0.4, -0.2) is 9.55 Å². The van der Waals surface area contributed by atoms with Crippen molar-refractivity contribution in [3.05, 3.63) is 108 Å². The van der Waals surface area contributed by atoms with Crippen LogP contribution in [0.1, 0.15) is 25.0 Å². The summed E-state index contributed by atoms with van der Waals surface area (Å²) in [4.78, 5) is 4.98. The number of rotatable bonds is 1. The van der Waals surface area contributed by atoms with E-state index >= 15 is 0 Å². The average molecular weight is 451 g/mol. The Bertz CT molecular complexity index is 1970. The number of aromatic nitrogens is 2. The molecule has 0 radical (unpaired) electrons. The van der Waals surface area contributed by atoms with Crippen molar-refractivity contribution >= 4 is 43.9 Å². The smallest absolute Gasteiger partial charge is 0.163 e. The van der Waals surface area contributed by atoms with Crippen LogP contribution in [0.5, 0.6) is 0 Å². The van der Waals surface area contributed by atoms with Crippen LogP contribution < -0.4 is 0 Å². The van der Waals surface area contributed by atoms with Gasteiger partial charge in [-0.15, -0.1) is 0 Å². The highest BCUT2D eigenvalue weighted by molar-refractivity contribution is 6.23. The molecule has 3 nitrogen and oxygen atoms in total. The van der Waals surface area contributed by atoms with Gasteiger partial charge in [-0.05, 0) is 41.0 Å². The van der Waals surface area contributed by atoms with E-state index in [1.54, 1.807) is 0 Å². The predicted molar refractivity (Wildman–Crippen MR) is 143 cm³/mol. The molecule has 1 aliphatic rings. The van der Waals surface area contributed by atoms with Crippen LogP contribution >= 0.6 is 0 Å². The van der Waals surface area contributed by atoms with Gasteiger partial charge in [0.1, 0.15) is 11.1 Å². The monoisotopic (exact) mass is 450 g/mol. The van der Waals surface area contributed by atoms with Crippen molar-refractivity contribution in [3.8, 4) is 16.8 Å². The predicted octanol–water partition coefficient (Wildman–Crippen LogP) is 8.38. The third-order valence-corrected chi connectivity index (χ3v) is 7.84. The normalized spacial score (nSPS) is 14.2. The van der Waals surface area contributed by atoms with Gasteiger partial charge < -0.3 is 8.98 Å². The Morgan fingerprint density at radius 1 is 0.686 bits per heavy atom. The fourth-order valence-electron chi connectivity index (χ4n) is 6.23. The first kappa shape index (κ1) is 19.0. The standard InChI is InChI=1S/C32H22N2O/c1-32(2)23-14-8-6-12-20(23)27-24(32)17-16-22-29-31(35-30(22)27)28-21-13-7-9-15-25(21)34(26(28)18-33-29)19-10-4-3-5-11-19/h3-18H,1-2H3. The maximum Gasteiger partial charge on any atom is 0.163 e. The molecule has 0 spiro atoms. The largest absolute Gasteiger partial charge is 0.453 e. The average Bonchev–Trinajstić information content (AvgIpc) is 3.51. The van der Waals surface area contributed by atoms with Crippen molar-refractivity contribution in [2.45, 2.75) is 19.3 Å². The van der Waals surface area contributed by atoms with E-state index in [9.17, 15) is 0 Å². The third-order valence-electron chi connectivity index (χ3n) is 7.84. The lowest BCUT2D eigenvalue weighted by atomic mass is 9.82. The Morgan fingerprint density at radius 3 is 2.34 bits per heavy atom. The Hall–Kier alpha value is -4.37. The molecule has 0 bridgehead atoms. The SMILES string of the molecule is CC1(C)c2ccccc2-c2c1ccc1c2oc2c1ncc1c2c2ccccc2n1-c1ccccc1. The third kappa shape index (κ3) is 2.28. The fourth-order valence-corrected chi connectivity index (χ4v) is 6.23. The second-order valence-electron chi connectivity index (χ2n) is 10.0. The van der Waals surface area contributed by atoms with Crippen LogP contribution in [0, 0.1) is 0 Å². The molecule has 3 heteroatoms. The van der Waals surface area contributed by atoms with Crippen molar-refractivity contribution in [2.75, 3.05) is 0 Å². The van der Waals surface area contributed by atoms with Crippen molar-refractivity contribution in [1.82, 2.24) is 9.55 Å². The summed E-state index contributed by atoms with van der Waals surface area (Å²) in [6.45, 7) is 4.60. The Labute approximate surface area is 202 Å². The zero-order valence-corrected chi connectivity index (χ0v) is 19.5. The molecule has 3 heterocycles. The molecular formula is C32H22N2O. The highest BCUT2D eigenvalue weighted by Gasteiger charge is 2.37. The van der Waals surface area contributed by atoms with E-state index in [1.807, 2.05) is 12.3 Å². The number of pyridine rings is 1. The van der Waals surface area contributed by atoms with Crippen molar-refractivity contribution in [3.63, 3.8) is 0 Å². The maximum absolute atomic E-state index is 6.84. The molecule has 8 rings (SSSR count). The van der Waals surface area contributed by atoms with Crippen molar-refractivity contribution in [1.29, 1.82) is 0 Å². The van der Waals surface area contributed by atoms with Gasteiger partial charge in [-0.2, -0.15) is 0 Å². The van der Waals surface area contributed by atoms with Gasteiger partial charge in [0.15, 0.2) is 5.58 Å². The quantitative estimate of drug-likeness (QED) is 0.251. The number of hydrogen-bond donors (Lipinski definition) is 0. The first-order chi connectivity index (χ1) is 17.1. The zero-order valence-electron chi connectivity index (χ0n) is 19.5. The summed E-state index contributed by atoms with van der Waals surface area (Å²) in [6.07, 6.45) is 2.00. The molecule has 0 aliphatic heterocycles. The molecule has 166 valence electrons. The number of furan rings is 1. The lowest BCUT2D eigenvalue weighted by Gasteiger charge is -2.21. The number of fused-ring (bicyclic) bond motifs is 11. The minimum Gasteiger partial charge on any atom is -0.453 e. The molecule has 0 amide bonds. The molecule has 4 aromatic carbocycles. The highest BCUT2D eigenvalue weighted by Crippen LogP contribution is 2.52. The van der Waals surface area contributed by atoms with E-state index in [4.69, 9.17) is 9.40 Å². The second kappa shape index (κ2) is 6.39. The molecule has 7 aromatic rings. The van der Waals surface area contributed by atoms with Crippen molar-refractivity contribution < 1.29 is 4.42 Å². The van der Waals surface area contributed by atoms with E-state index in [0.29, 0.717) is 0 Å². The number of hydrogen-bond acceptors (Lipinski definition) is 2. The van der Waals surface area contributed by atoms with Gasteiger partial charge in [0, 0.05) is 27.4 Å². The Balaban J connectivity index is 1.56. The van der Waals surface area contributed by atoms with E-state index < -0.39 is 0 Å². The number of benzene rings is 4. The molecule has 0 unspecified atom stereocenters. The first-order valence-electron chi connectivity index (χ1n) is 12.1. The van der Waals surface area contributed by atoms with E-state index in [-0.39, 0.29) is 5.41 Å². The fraction of sp³-hybridized carbons (Fsp3) is 0.0938. The van der Waals surface area contributed by atoms with Crippen LogP contribution in [-0.2, 0) is 5.41 Å². The van der Waals surface area contributed by atoms with E-state index in [1.165, 1.54) is 27.6 Å². The van der Waals surface area contributed by atoms with Crippen LogP contribution in [0.3, 0.4) is 0 Å². The van der Waals surface area contributed by atoms with E-state index in [2.05, 4.69) is 103 Å². The van der Waals surface area contributed by atoms with Gasteiger partial charge in [0.05, 0.1) is 22.6 Å². The molecule has 0 N–H and O–H groups in total. The summed E-state index contributed by atoms with van der Waals surface area (Å²) in [5, 5.41) is 3.37. The Morgan fingerprint density at radius 2 is 1.46 bits per heavy atom. The number of para-hydroxylation sites is 2. The summed E-state index contributed by atoms with van der Waals surface area (Å²) < 4.78 is 9.13. The molecule has 1 aliphatic carbocycles. The summed E-state index contributed by atoms with van der Waals surface area (Å²) >= 11 is 0. The van der Waals surface area contributed by atoms with Crippen LogP contribution in [0.15, 0.2) is 102 Å². The molecule has 0 saturated carbocycles. The zero-order chi connectivity index (χ0) is 23.3. The maximum atomic E-state index is 6.84. The molecule has 0 fully saturated rings. The molecule has 35 heavy (non-hydrogen) atoms. The topological polar surface area (TPSA) is 31.0 Å². The summed E-state index contributed by atoms with van der Waals surface area (Å²) in [7, 11) is 0. The van der Waals surface area contributed by atoms with Crippen LogP contribution in [0.4, 0.5) is 0 Å². The van der Waals surface area contributed by atoms with Crippen LogP contribution in [0.2, 0.25) is 0 Å². The summed E-state index contributed by atoms with van der Waals surface area (Å²) in [5.74, 6) is 0. The van der Waals surface area contributed by atoms with Crippen LogP contribution in [0.25, 0.3) is 60.7 Å². The molecular weight excluding hydrogens is 428 g/mol. The number of nitrogens with zero attached hydrogens (tertiary/aromatic N) is 2. The van der Waals surface area contributed by atoms with Gasteiger partial charge in [-0.1, -0.05) is 80.6 Å². The van der Waals surface area contributed by atoms with Gasteiger partial charge >= 0.3 is 0 Å². The van der Waals surface area contributed by atoms with Gasteiger partial charge in [-0.3, -0.25) is 0 Å². The summed E-state index contributed by atoms with van der Waals surface area (Å²) in [6, 6.07) is 32.2. The minimum atomic E-state index is -0.0643. The van der Waals surface area contributed by atoms with Gasteiger partial charge in [0.25, 0.3) is 0 Å². The van der Waals surface area contributed by atoms with Crippen molar-refractivity contribution in [2.24, 2.45) is 0 Å². The highest BCUT2D eigenvalue weighted by atomic mass is 16.3. The first-order valence-corrected chi connectivity index (χ1v) is 12.1.